The lowest BCUT2D eigenvalue weighted by molar-refractivity contribution is -0.0471. The molecule has 1 aromatic heterocycles. The van der Waals surface area contributed by atoms with Crippen LogP contribution >= 0.6 is 0 Å². The van der Waals surface area contributed by atoms with Crippen LogP contribution in [0.2, 0.25) is 0 Å². The first-order valence-electron chi connectivity index (χ1n) is 10.4. The first kappa shape index (κ1) is 19.2. The predicted octanol–water partition coefficient (Wildman–Crippen LogP) is 3.87. The summed E-state index contributed by atoms with van der Waals surface area (Å²) in [5.74, 6) is 0.426. The molecule has 4 rings (SSSR count). The highest BCUT2D eigenvalue weighted by atomic mass is 16.5. The van der Waals surface area contributed by atoms with Crippen LogP contribution in [0, 0.1) is 6.92 Å². The molecule has 1 saturated carbocycles. The van der Waals surface area contributed by atoms with Crippen LogP contribution in [-0.4, -0.2) is 54.1 Å². The lowest BCUT2D eigenvalue weighted by Gasteiger charge is -2.37. The van der Waals surface area contributed by atoms with Crippen molar-refractivity contribution in [2.45, 2.75) is 51.3 Å². The Morgan fingerprint density at radius 2 is 1.96 bits per heavy atom. The quantitative estimate of drug-likeness (QED) is 0.761. The SMILES string of the molecule is Cc1ccc(CN2CCO[C@@H](CN(C(=O)c3ccco3)C3CCCC3)C2)cc1. The minimum absolute atomic E-state index is 0.00356. The minimum Gasteiger partial charge on any atom is -0.459 e. The number of nitrogens with zero attached hydrogens (tertiary/aromatic N) is 2. The van der Waals surface area contributed by atoms with Gasteiger partial charge in [-0.05, 0) is 37.5 Å². The van der Waals surface area contributed by atoms with Crippen LogP contribution in [0.4, 0.5) is 0 Å². The number of hydrogen-bond donors (Lipinski definition) is 0. The summed E-state index contributed by atoms with van der Waals surface area (Å²) < 4.78 is 11.4. The van der Waals surface area contributed by atoms with Crippen molar-refractivity contribution < 1.29 is 13.9 Å². The molecule has 0 bridgehead atoms. The highest BCUT2D eigenvalue weighted by molar-refractivity contribution is 5.91. The highest BCUT2D eigenvalue weighted by Gasteiger charge is 2.32. The van der Waals surface area contributed by atoms with Crippen molar-refractivity contribution >= 4 is 5.91 Å². The second-order valence-electron chi connectivity index (χ2n) is 8.09. The van der Waals surface area contributed by atoms with Crippen molar-refractivity contribution in [3.05, 3.63) is 59.5 Å². The number of ether oxygens (including phenoxy) is 1. The fourth-order valence-electron chi connectivity index (χ4n) is 4.36. The molecule has 1 aliphatic heterocycles. The molecule has 2 aromatic rings. The standard InChI is InChI=1S/C23H30N2O3/c1-18-8-10-19(11-9-18)15-24-12-14-27-21(16-24)17-25(20-5-2-3-6-20)23(26)22-7-4-13-28-22/h4,7-11,13,20-21H,2-3,5-6,12,14-17H2,1H3/t21-/m1/s1. The number of amides is 1. The van der Waals surface area contributed by atoms with Gasteiger partial charge in [-0.2, -0.15) is 0 Å². The van der Waals surface area contributed by atoms with E-state index in [1.807, 2.05) is 4.90 Å². The van der Waals surface area contributed by atoms with E-state index in [0.29, 0.717) is 25.0 Å². The fraction of sp³-hybridized carbons (Fsp3) is 0.522. The van der Waals surface area contributed by atoms with Gasteiger partial charge in [-0.1, -0.05) is 42.7 Å². The van der Waals surface area contributed by atoms with E-state index in [1.165, 1.54) is 24.0 Å². The number of hydrogen-bond acceptors (Lipinski definition) is 4. The molecule has 1 atom stereocenters. The molecule has 0 radical (unpaired) electrons. The van der Waals surface area contributed by atoms with Crippen molar-refractivity contribution in [1.29, 1.82) is 0 Å². The van der Waals surface area contributed by atoms with Gasteiger partial charge in [0.15, 0.2) is 5.76 Å². The van der Waals surface area contributed by atoms with E-state index < -0.39 is 0 Å². The average molecular weight is 383 g/mol. The van der Waals surface area contributed by atoms with Gasteiger partial charge >= 0.3 is 0 Å². The number of furan rings is 1. The number of carbonyl (C=O) groups is 1. The molecule has 1 amide bonds. The van der Waals surface area contributed by atoms with Crippen molar-refractivity contribution in [3.8, 4) is 0 Å². The zero-order chi connectivity index (χ0) is 19.3. The van der Waals surface area contributed by atoms with Crippen molar-refractivity contribution in [3.63, 3.8) is 0 Å². The van der Waals surface area contributed by atoms with Gasteiger partial charge in [0.2, 0.25) is 0 Å². The van der Waals surface area contributed by atoms with Crippen LogP contribution in [0.1, 0.15) is 47.4 Å². The van der Waals surface area contributed by atoms with E-state index in [2.05, 4.69) is 36.1 Å². The monoisotopic (exact) mass is 382 g/mol. The summed E-state index contributed by atoms with van der Waals surface area (Å²) in [6.07, 6.45) is 6.15. The Balaban J connectivity index is 1.41. The maximum absolute atomic E-state index is 13.0. The fourth-order valence-corrected chi connectivity index (χ4v) is 4.36. The second-order valence-corrected chi connectivity index (χ2v) is 8.09. The van der Waals surface area contributed by atoms with Gasteiger partial charge in [0, 0.05) is 32.2 Å². The maximum Gasteiger partial charge on any atom is 0.289 e. The van der Waals surface area contributed by atoms with Crippen molar-refractivity contribution in [2.75, 3.05) is 26.2 Å². The Bertz CT molecular complexity index is 751. The molecular weight excluding hydrogens is 352 g/mol. The summed E-state index contributed by atoms with van der Waals surface area (Å²) >= 11 is 0. The van der Waals surface area contributed by atoms with E-state index in [4.69, 9.17) is 9.15 Å². The van der Waals surface area contributed by atoms with Gasteiger partial charge in [0.05, 0.1) is 19.0 Å². The van der Waals surface area contributed by atoms with Gasteiger partial charge in [-0.25, -0.2) is 0 Å². The average Bonchev–Trinajstić information content (AvgIpc) is 3.42. The van der Waals surface area contributed by atoms with Crippen LogP contribution in [0.25, 0.3) is 0 Å². The Morgan fingerprint density at radius 1 is 1.18 bits per heavy atom. The largest absolute Gasteiger partial charge is 0.459 e. The van der Waals surface area contributed by atoms with E-state index in [0.717, 1.165) is 32.5 Å². The van der Waals surface area contributed by atoms with E-state index in [-0.39, 0.29) is 12.0 Å². The lowest BCUT2D eigenvalue weighted by Crippen LogP contribution is -2.50. The summed E-state index contributed by atoms with van der Waals surface area (Å²) in [4.78, 5) is 17.5. The van der Waals surface area contributed by atoms with Crippen molar-refractivity contribution in [2.24, 2.45) is 0 Å². The molecule has 1 aromatic carbocycles. The van der Waals surface area contributed by atoms with Gasteiger partial charge in [0.25, 0.3) is 5.91 Å². The summed E-state index contributed by atoms with van der Waals surface area (Å²) in [6.45, 7) is 6.17. The molecule has 0 spiro atoms. The Kier molecular flexibility index (Phi) is 6.13. The topological polar surface area (TPSA) is 45.9 Å². The first-order valence-corrected chi connectivity index (χ1v) is 10.4. The molecule has 28 heavy (non-hydrogen) atoms. The zero-order valence-electron chi connectivity index (χ0n) is 16.7. The van der Waals surface area contributed by atoms with Crippen LogP contribution in [-0.2, 0) is 11.3 Å². The van der Waals surface area contributed by atoms with Gasteiger partial charge < -0.3 is 14.1 Å². The number of morpholine rings is 1. The number of aryl methyl sites for hydroxylation is 1. The van der Waals surface area contributed by atoms with Gasteiger partial charge in [0.1, 0.15) is 0 Å². The Hall–Kier alpha value is -2.11. The third-order valence-corrected chi connectivity index (χ3v) is 5.91. The molecule has 5 nitrogen and oxygen atoms in total. The smallest absolute Gasteiger partial charge is 0.289 e. The molecule has 2 aliphatic rings. The Morgan fingerprint density at radius 3 is 2.68 bits per heavy atom. The van der Waals surface area contributed by atoms with E-state index >= 15 is 0 Å². The molecule has 2 fully saturated rings. The third kappa shape index (κ3) is 4.65. The molecule has 0 unspecified atom stereocenters. The van der Waals surface area contributed by atoms with Crippen molar-refractivity contribution in [1.82, 2.24) is 9.80 Å². The summed E-state index contributed by atoms with van der Waals surface area (Å²) in [7, 11) is 0. The van der Waals surface area contributed by atoms with E-state index in [9.17, 15) is 4.79 Å². The minimum atomic E-state index is -0.00356. The van der Waals surface area contributed by atoms with Crippen LogP contribution in [0.5, 0.6) is 0 Å². The van der Waals surface area contributed by atoms with E-state index in [1.54, 1.807) is 18.4 Å². The van der Waals surface area contributed by atoms with Gasteiger partial charge in [-0.15, -0.1) is 0 Å². The third-order valence-electron chi connectivity index (χ3n) is 5.91. The van der Waals surface area contributed by atoms with Crippen LogP contribution in [0.3, 0.4) is 0 Å². The molecule has 2 heterocycles. The number of rotatable bonds is 6. The molecule has 1 saturated heterocycles. The molecular formula is C23H30N2O3. The zero-order valence-corrected chi connectivity index (χ0v) is 16.7. The lowest BCUT2D eigenvalue weighted by atomic mass is 10.1. The highest BCUT2D eigenvalue weighted by Crippen LogP contribution is 2.26. The molecule has 150 valence electrons. The van der Waals surface area contributed by atoms with Crippen LogP contribution in [0.15, 0.2) is 47.1 Å². The van der Waals surface area contributed by atoms with Gasteiger partial charge in [-0.3, -0.25) is 9.69 Å². The molecule has 5 heteroatoms. The normalized spacial score (nSPS) is 21.1. The second kappa shape index (κ2) is 8.93. The number of carbonyl (C=O) groups excluding carboxylic acids is 1. The molecule has 0 N–H and O–H groups in total. The summed E-state index contributed by atoms with van der Waals surface area (Å²) in [6, 6.07) is 12.6. The first-order chi connectivity index (χ1) is 13.7. The molecule has 1 aliphatic carbocycles. The maximum atomic E-state index is 13.0. The summed E-state index contributed by atoms with van der Waals surface area (Å²) in [5, 5.41) is 0. The Labute approximate surface area is 167 Å². The predicted molar refractivity (Wildman–Crippen MR) is 108 cm³/mol. The summed E-state index contributed by atoms with van der Waals surface area (Å²) in [5.41, 5.74) is 2.61. The number of benzene rings is 1. The van der Waals surface area contributed by atoms with Crippen LogP contribution < -0.4 is 0 Å².